The normalized spacial score (nSPS) is 15.7. The minimum Gasteiger partial charge on any atom is -0.481 e. The van der Waals surface area contributed by atoms with E-state index < -0.39 is 21.9 Å². The summed E-state index contributed by atoms with van der Waals surface area (Å²) in [6.07, 6.45) is -0.696. The third-order valence-corrected chi connectivity index (χ3v) is 5.61. The molecule has 3 rings (SSSR count). The number of rotatable bonds is 6. The van der Waals surface area contributed by atoms with Crippen LogP contribution in [0.5, 0.6) is 5.75 Å². The zero-order valence-electron chi connectivity index (χ0n) is 15.3. The zero-order chi connectivity index (χ0) is 20.1. The van der Waals surface area contributed by atoms with Crippen molar-refractivity contribution in [2.45, 2.75) is 17.9 Å². The van der Waals surface area contributed by atoms with Gasteiger partial charge in [-0.3, -0.25) is 9.52 Å². The molecule has 1 amide bonds. The van der Waals surface area contributed by atoms with E-state index in [0.29, 0.717) is 32.1 Å². The maximum Gasteiger partial charge on any atom is 0.263 e. The SMILES string of the molecule is C[C@H](Oc1ccc(S(=O)(=O)Nc2ccc(F)cc2)cc1)C(=O)N1CCOCC1. The Morgan fingerprint density at radius 2 is 1.71 bits per heavy atom. The molecule has 0 unspecified atom stereocenters. The lowest BCUT2D eigenvalue weighted by atomic mass is 10.3. The first kappa shape index (κ1) is 20.1. The van der Waals surface area contributed by atoms with Gasteiger partial charge in [0.15, 0.2) is 6.10 Å². The standard InChI is InChI=1S/C19H21FN2O5S/c1-14(19(23)22-10-12-26-13-11-22)27-17-6-8-18(9-7-17)28(24,25)21-16-4-2-15(20)3-5-16/h2-9,14,21H,10-13H2,1H3/t14-/m0/s1. The van der Waals surface area contributed by atoms with Crippen LogP contribution in [0.2, 0.25) is 0 Å². The van der Waals surface area contributed by atoms with Crippen LogP contribution >= 0.6 is 0 Å². The third kappa shape index (κ3) is 4.99. The molecule has 1 aliphatic heterocycles. The van der Waals surface area contributed by atoms with Crippen molar-refractivity contribution in [2.24, 2.45) is 0 Å². The minimum atomic E-state index is -3.82. The van der Waals surface area contributed by atoms with Crippen LogP contribution in [0.4, 0.5) is 10.1 Å². The van der Waals surface area contributed by atoms with Crippen LogP contribution in [0.25, 0.3) is 0 Å². The van der Waals surface area contributed by atoms with Crippen LogP contribution in [-0.2, 0) is 19.6 Å². The number of amides is 1. The van der Waals surface area contributed by atoms with Crippen LogP contribution in [0, 0.1) is 5.82 Å². The quantitative estimate of drug-likeness (QED) is 0.793. The molecule has 0 bridgehead atoms. The van der Waals surface area contributed by atoms with Gasteiger partial charge in [-0.1, -0.05) is 0 Å². The number of carbonyl (C=O) groups excluding carboxylic acids is 1. The Balaban J connectivity index is 1.63. The highest BCUT2D eigenvalue weighted by Gasteiger charge is 2.24. The molecule has 1 atom stereocenters. The summed E-state index contributed by atoms with van der Waals surface area (Å²) in [5, 5.41) is 0. The summed E-state index contributed by atoms with van der Waals surface area (Å²) in [6, 6.07) is 10.8. The molecule has 1 fully saturated rings. The minimum absolute atomic E-state index is 0.0244. The molecule has 28 heavy (non-hydrogen) atoms. The number of hydrogen-bond acceptors (Lipinski definition) is 5. The van der Waals surface area contributed by atoms with E-state index in [1.165, 1.54) is 48.5 Å². The van der Waals surface area contributed by atoms with Gasteiger partial charge in [0.05, 0.1) is 18.1 Å². The third-order valence-electron chi connectivity index (χ3n) is 4.21. The van der Waals surface area contributed by atoms with Gasteiger partial charge in [0.25, 0.3) is 15.9 Å². The predicted octanol–water partition coefficient (Wildman–Crippen LogP) is 2.25. The van der Waals surface area contributed by atoms with E-state index in [4.69, 9.17) is 9.47 Å². The molecule has 1 heterocycles. The van der Waals surface area contributed by atoms with Gasteiger partial charge in [0.2, 0.25) is 0 Å². The van der Waals surface area contributed by atoms with Crippen molar-refractivity contribution in [1.82, 2.24) is 4.90 Å². The van der Waals surface area contributed by atoms with Gasteiger partial charge in [-0.05, 0) is 55.5 Å². The second-order valence-corrected chi connectivity index (χ2v) is 7.96. The molecule has 0 saturated carbocycles. The lowest BCUT2D eigenvalue weighted by Gasteiger charge is -2.29. The molecule has 2 aromatic rings. The number of halogens is 1. The summed E-state index contributed by atoms with van der Waals surface area (Å²) >= 11 is 0. The Morgan fingerprint density at radius 1 is 1.11 bits per heavy atom. The molecule has 1 aliphatic rings. The summed E-state index contributed by atoms with van der Waals surface area (Å²) in [6.45, 7) is 3.72. The van der Waals surface area contributed by atoms with Crippen molar-refractivity contribution in [1.29, 1.82) is 0 Å². The van der Waals surface area contributed by atoms with Crippen LogP contribution < -0.4 is 9.46 Å². The highest BCUT2D eigenvalue weighted by Crippen LogP contribution is 2.20. The Morgan fingerprint density at radius 3 is 2.32 bits per heavy atom. The van der Waals surface area contributed by atoms with Crippen LogP contribution in [0.1, 0.15) is 6.92 Å². The van der Waals surface area contributed by atoms with E-state index in [0.717, 1.165) is 0 Å². The predicted molar refractivity (Wildman–Crippen MR) is 101 cm³/mol. The van der Waals surface area contributed by atoms with Gasteiger partial charge >= 0.3 is 0 Å². The number of morpholine rings is 1. The number of nitrogens with one attached hydrogen (secondary N) is 1. The van der Waals surface area contributed by atoms with E-state index in [-0.39, 0.29) is 16.5 Å². The van der Waals surface area contributed by atoms with Crippen LogP contribution in [0.3, 0.4) is 0 Å². The summed E-state index contributed by atoms with van der Waals surface area (Å²) in [5.41, 5.74) is 0.256. The van der Waals surface area contributed by atoms with Gasteiger partial charge in [-0.25, -0.2) is 12.8 Å². The largest absolute Gasteiger partial charge is 0.481 e. The average Bonchev–Trinajstić information content (AvgIpc) is 2.70. The molecule has 0 radical (unpaired) electrons. The Labute approximate surface area is 163 Å². The number of benzene rings is 2. The number of nitrogens with zero attached hydrogens (tertiary/aromatic N) is 1. The maximum atomic E-state index is 12.9. The lowest BCUT2D eigenvalue weighted by Crippen LogP contribution is -2.46. The highest BCUT2D eigenvalue weighted by atomic mass is 32.2. The van der Waals surface area contributed by atoms with Crippen molar-refractivity contribution in [3.8, 4) is 5.75 Å². The number of ether oxygens (including phenoxy) is 2. The summed E-state index contributed by atoms with van der Waals surface area (Å²) < 4.78 is 51.0. The molecule has 0 spiro atoms. The Kier molecular flexibility index (Phi) is 6.15. The van der Waals surface area contributed by atoms with Gasteiger partial charge in [-0.15, -0.1) is 0 Å². The number of anilines is 1. The molecule has 9 heteroatoms. The molecule has 2 aromatic carbocycles. The van der Waals surface area contributed by atoms with Gasteiger partial charge in [0.1, 0.15) is 11.6 Å². The second kappa shape index (κ2) is 8.57. The summed E-state index contributed by atoms with van der Waals surface area (Å²) in [4.78, 5) is 14.1. The van der Waals surface area contributed by atoms with Crippen LogP contribution in [0.15, 0.2) is 53.4 Å². The van der Waals surface area contributed by atoms with Crippen LogP contribution in [-0.4, -0.2) is 51.6 Å². The first-order chi connectivity index (χ1) is 13.3. The van der Waals surface area contributed by atoms with Crippen molar-refractivity contribution in [2.75, 3.05) is 31.0 Å². The van der Waals surface area contributed by atoms with Gasteiger partial charge in [-0.2, -0.15) is 0 Å². The van der Waals surface area contributed by atoms with E-state index in [2.05, 4.69) is 4.72 Å². The number of carbonyl (C=O) groups is 1. The number of sulfonamides is 1. The summed E-state index contributed by atoms with van der Waals surface area (Å²) in [5.74, 6) is -0.210. The first-order valence-corrected chi connectivity index (χ1v) is 10.2. The zero-order valence-corrected chi connectivity index (χ0v) is 16.1. The smallest absolute Gasteiger partial charge is 0.263 e. The topological polar surface area (TPSA) is 84.9 Å². The second-order valence-electron chi connectivity index (χ2n) is 6.28. The van der Waals surface area contributed by atoms with E-state index in [1.807, 2.05) is 0 Å². The first-order valence-electron chi connectivity index (χ1n) is 8.77. The fourth-order valence-electron chi connectivity index (χ4n) is 2.72. The van der Waals surface area contributed by atoms with Crippen molar-refractivity contribution >= 4 is 21.6 Å². The monoisotopic (exact) mass is 408 g/mol. The molecule has 1 N–H and O–H groups in total. The molecule has 7 nitrogen and oxygen atoms in total. The van der Waals surface area contributed by atoms with Gasteiger partial charge in [0, 0.05) is 18.8 Å². The number of hydrogen-bond donors (Lipinski definition) is 1. The molecule has 1 saturated heterocycles. The van der Waals surface area contributed by atoms with Gasteiger partial charge < -0.3 is 14.4 Å². The summed E-state index contributed by atoms with van der Waals surface area (Å²) in [7, 11) is -3.82. The highest BCUT2D eigenvalue weighted by molar-refractivity contribution is 7.92. The Bertz CT molecular complexity index is 910. The molecular weight excluding hydrogens is 387 g/mol. The Hall–Kier alpha value is -2.65. The average molecular weight is 408 g/mol. The van der Waals surface area contributed by atoms with E-state index >= 15 is 0 Å². The van der Waals surface area contributed by atoms with Crippen molar-refractivity contribution < 1.29 is 27.1 Å². The molecular formula is C19H21FN2O5S. The van der Waals surface area contributed by atoms with E-state index in [1.54, 1.807) is 11.8 Å². The van der Waals surface area contributed by atoms with Crippen molar-refractivity contribution in [3.63, 3.8) is 0 Å². The molecule has 150 valence electrons. The fourth-order valence-corrected chi connectivity index (χ4v) is 3.78. The molecule has 0 aliphatic carbocycles. The van der Waals surface area contributed by atoms with Crippen molar-refractivity contribution in [3.05, 3.63) is 54.3 Å². The molecule has 0 aromatic heterocycles. The van der Waals surface area contributed by atoms with E-state index in [9.17, 15) is 17.6 Å². The lowest BCUT2D eigenvalue weighted by molar-refractivity contribution is -0.142. The maximum absolute atomic E-state index is 12.9. The fraction of sp³-hybridized carbons (Fsp3) is 0.316.